The van der Waals surface area contributed by atoms with Crippen molar-refractivity contribution in [1.29, 1.82) is 0 Å². The predicted molar refractivity (Wildman–Crippen MR) is 83.4 cm³/mol. The average molecular weight is 286 g/mol. The Morgan fingerprint density at radius 1 is 1.10 bits per heavy atom. The van der Waals surface area contributed by atoms with Crippen LogP contribution in [0.1, 0.15) is 11.1 Å². The summed E-state index contributed by atoms with van der Waals surface area (Å²) in [6.45, 7) is 4.44. The highest BCUT2D eigenvalue weighted by Gasteiger charge is 2.14. The number of hydrogen-bond donors (Lipinski definition) is 0. The zero-order valence-electron chi connectivity index (χ0n) is 11.3. The van der Waals surface area contributed by atoms with Crippen LogP contribution in [-0.2, 0) is 11.3 Å². The first kappa shape index (κ1) is 14.4. The molecule has 1 amide bonds. The van der Waals surface area contributed by atoms with Gasteiger partial charge in [0.25, 0.3) is 5.91 Å². The molecule has 0 unspecified atom stereocenters. The van der Waals surface area contributed by atoms with Gasteiger partial charge in [0.2, 0.25) is 0 Å². The lowest BCUT2D eigenvalue weighted by atomic mass is 10.1. The van der Waals surface area contributed by atoms with E-state index in [4.69, 9.17) is 11.6 Å². The van der Waals surface area contributed by atoms with Crippen LogP contribution in [0, 0.1) is 0 Å². The van der Waals surface area contributed by atoms with Crippen molar-refractivity contribution >= 4 is 23.1 Å². The maximum Gasteiger partial charge on any atom is 0.253 e. The highest BCUT2D eigenvalue weighted by atomic mass is 35.5. The summed E-state index contributed by atoms with van der Waals surface area (Å²) in [7, 11) is 1.77. The Morgan fingerprint density at radius 2 is 1.70 bits per heavy atom. The van der Waals surface area contributed by atoms with Gasteiger partial charge in [-0.1, -0.05) is 60.6 Å². The monoisotopic (exact) mass is 285 g/mol. The lowest BCUT2D eigenvalue weighted by molar-refractivity contribution is -0.124. The fourth-order valence-corrected chi connectivity index (χ4v) is 2.06. The Morgan fingerprint density at radius 3 is 2.30 bits per heavy atom. The highest BCUT2D eigenvalue weighted by molar-refractivity contribution is 6.30. The molecule has 2 rings (SSSR count). The van der Waals surface area contributed by atoms with Crippen molar-refractivity contribution in [3.63, 3.8) is 0 Å². The van der Waals surface area contributed by atoms with Crippen molar-refractivity contribution in [2.45, 2.75) is 6.54 Å². The third-order valence-corrected chi connectivity index (χ3v) is 3.31. The Kier molecular flexibility index (Phi) is 4.59. The number of amides is 1. The van der Waals surface area contributed by atoms with Gasteiger partial charge in [-0.05, 0) is 23.3 Å². The first-order chi connectivity index (χ1) is 9.58. The number of likely N-dealkylation sites (N-methyl/N-ethyl adjacent to an activating group) is 1. The number of benzene rings is 2. The van der Waals surface area contributed by atoms with Gasteiger partial charge in [0.1, 0.15) is 0 Å². The molecule has 0 aliphatic carbocycles. The molecule has 0 fully saturated rings. The van der Waals surface area contributed by atoms with E-state index in [1.165, 1.54) is 0 Å². The highest BCUT2D eigenvalue weighted by Crippen LogP contribution is 2.18. The van der Waals surface area contributed by atoms with E-state index in [0.29, 0.717) is 17.1 Å². The number of carbonyl (C=O) groups is 1. The largest absolute Gasteiger partial charge is 0.337 e. The third-order valence-electron chi connectivity index (χ3n) is 3.06. The second-order valence-electron chi connectivity index (χ2n) is 4.63. The van der Waals surface area contributed by atoms with Crippen LogP contribution in [0.2, 0.25) is 5.02 Å². The topological polar surface area (TPSA) is 20.3 Å². The van der Waals surface area contributed by atoms with Crippen LogP contribution in [0.25, 0.3) is 5.57 Å². The van der Waals surface area contributed by atoms with Crippen molar-refractivity contribution in [1.82, 2.24) is 4.90 Å². The van der Waals surface area contributed by atoms with Crippen molar-refractivity contribution in [2.24, 2.45) is 0 Å². The second kappa shape index (κ2) is 6.40. The summed E-state index contributed by atoms with van der Waals surface area (Å²) in [5.41, 5.74) is 2.35. The summed E-state index contributed by atoms with van der Waals surface area (Å²) in [4.78, 5) is 14.0. The summed E-state index contributed by atoms with van der Waals surface area (Å²) in [5.74, 6) is -0.0869. The molecule has 102 valence electrons. The number of carbonyl (C=O) groups excluding carboxylic acids is 1. The Labute approximate surface area is 124 Å². The average Bonchev–Trinajstić information content (AvgIpc) is 2.47. The standard InChI is InChI=1S/C17H16ClNO/c1-13(15-8-10-16(18)11-9-15)17(20)19(2)12-14-6-4-3-5-7-14/h3-11H,1,12H2,2H3. The molecular formula is C17H16ClNO. The van der Waals surface area contributed by atoms with Crippen molar-refractivity contribution < 1.29 is 4.79 Å². The maximum absolute atomic E-state index is 12.3. The molecule has 20 heavy (non-hydrogen) atoms. The van der Waals surface area contributed by atoms with Gasteiger partial charge < -0.3 is 4.90 Å². The molecule has 0 aliphatic heterocycles. The molecule has 0 aliphatic rings. The fourth-order valence-electron chi connectivity index (χ4n) is 1.93. The van der Waals surface area contributed by atoms with E-state index >= 15 is 0 Å². The maximum atomic E-state index is 12.3. The summed E-state index contributed by atoms with van der Waals surface area (Å²) < 4.78 is 0. The fraction of sp³-hybridized carbons (Fsp3) is 0.118. The SMILES string of the molecule is C=C(C(=O)N(C)Cc1ccccc1)c1ccc(Cl)cc1. The van der Waals surface area contributed by atoms with Gasteiger partial charge in [0.15, 0.2) is 0 Å². The van der Waals surface area contributed by atoms with E-state index in [0.717, 1.165) is 11.1 Å². The Bertz CT molecular complexity index is 605. The zero-order valence-corrected chi connectivity index (χ0v) is 12.1. The van der Waals surface area contributed by atoms with Gasteiger partial charge in [-0.2, -0.15) is 0 Å². The van der Waals surface area contributed by atoms with E-state index in [2.05, 4.69) is 6.58 Å². The molecule has 0 bridgehead atoms. The summed E-state index contributed by atoms with van der Waals surface area (Å²) >= 11 is 5.84. The molecule has 2 aromatic rings. The molecule has 0 saturated carbocycles. The van der Waals surface area contributed by atoms with Crippen LogP contribution in [-0.4, -0.2) is 17.9 Å². The van der Waals surface area contributed by atoms with Crippen LogP contribution in [0.4, 0.5) is 0 Å². The summed E-state index contributed by atoms with van der Waals surface area (Å²) in [5, 5.41) is 0.645. The van der Waals surface area contributed by atoms with E-state index in [1.807, 2.05) is 30.3 Å². The van der Waals surface area contributed by atoms with Gasteiger partial charge >= 0.3 is 0 Å². The molecule has 3 heteroatoms. The van der Waals surface area contributed by atoms with Gasteiger partial charge in [-0.25, -0.2) is 0 Å². The molecule has 0 radical (unpaired) electrons. The van der Waals surface area contributed by atoms with Gasteiger partial charge in [0.05, 0.1) is 0 Å². The molecule has 0 aromatic heterocycles. The van der Waals surface area contributed by atoms with Crippen LogP contribution in [0.15, 0.2) is 61.2 Å². The van der Waals surface area contributed by atoms with Crippen LogP contribution in [0.3, 0.4) is 0 Å². The normalized spacial score (nSPS) is 10.1. The quantitative estimate of drug-likeness (QED) is 0.777. The van der Waals surface area contributed by atoms with Crippen molar-refractivity contribution in [3.8, 4) is 0 Å². The molecular weight excluding hydrogens is 270 g/mol. The molecule has 0 spiro atoms. The van der Waals surface area contributed by atoms with E-state index in [1.54, 1.807) is 36.2 Å². The van der Waals surface area contributed by atoms with Crippen LogP contribution >= 0.6 is 11.6 Å². The number of halogens is 1. The number of hydrogen-bond acceptors (Lipinski definition) is 1. The van der Waals surface area contributed by atoms with E-state index in [9.17, 15) is 4.79 Å². The van der Waals surface area contributed by atoms with Crippen molar-refractivity contribution in [3.05, 3.63) is 77.3 Å². The minimum absolute atomic E-state index is 0.0869. The summed E-state index contributed by atoms with van der Waals surface area (Å²) in [6, 6.07) is 17.0. The predicted octanol–water partition coefficient (Wildman–Crippen LogP) is 4.01. The lowest BCUT2D eigenvalue weighted by Gasteiger charge is -2.18. The van der Waals surface area contributed by atoms with Gasteiger partial charge in [-0.3, -0.25) is 4.79 Å². The smallest absolute Gasteiger partial charge is 0.253 e. The van der Waals surface area contributed by atoms with E-state index in [-0.39, 0.29) is 5.91 Å². The van der Waals surface area contributed by atoms with Crippen LogP contribution in [0.5, 0.6) is 0 Å². The van der Waals surface area contributed by atoms with Crippen molar-refractivity contribution in [2.75, 3.05) is 7.05 Å². The second-order valence-corrected chi connectivity index (χ2v) is 5.07. The van der Waals surface area contributed by atoms with E-state index < -0.39 is 0 Å². The molecule has 2 nitrogen and oxygen atoms in total. The minimum Gasteiger partial charge on any atom is -0.337 e. The number of rotatable bonds is 4. The number of nitrogens with zero attached hydrogens (tertiary/aromatic N) is 1. The Balaban J connectivity index is 2.06. The zero-order chi connectivity index (χ0) is 14.5. The minimum atomic E-state index is -0.0869. The molecule has 2 aromatic carbocycles. The molecule has 0 heterocycles. The van der Waals surface area contributed by atoms with Gasteiger partial charge in [-0.15, -0.1) is 0 Å². The Hall–Kier alpha value is -2.06. The molecule has 0 atom stereocenters. The third kappa shape index (κ3) is 3.49. The lowest BCUT2D eigenvalue weighted by Crippen LogP contribution is -2.26. The van der Waals surface area contributed by atoms with Gasteiger partial charge in [0, 0.05) is 24.2 Å². The first-order valence-electron chi connectivity index (χ1n) is 6.32. The molecule has 0 saturated heterocycles. The van der Waals surface area contributed by atoms with Crippen LogP contribution < -0.4 is 0 Å². The first-order valence-corrected chi connectivity index (χ1v) is 6.70. The molecule has 0 N–H and O–H groups in total. The summed E-state index contributed by atoms with van der Waals surface area (Å²) in [6.07, 6.45) is 0.